The summed E-state index contributed by atoms with van der Waals surface area (Å²) >= 11 is 12.1. The molecule has 0 aliphatic carbocycles. The molecule has 0 amide bonds. The van der Waals surface area contributed by atoms with E-state index < -0.39 is 0 Å². The zero-order valence-electron chi connectivity index (χ0n) is 16.8. The summed E-state index contributed by atoms with van der Waals surface area (Å²) < 4.78 is 0. The number of benzene rings is 1. The van der Waals surface area contributed by atoms with Gasteiger partial charge in [-0.15, -0.1) is 0 Å². The van der Waals surface area contributed by atoms with Gasteiger partial charge in [-0.2, -0.15) is 0 Å². The molecular formula is C20H33Cl2N5. The largest absolute Gasteiger partial charge is 0.356 e. The minimum Gasteiger partial charge on any atom is -0.356 e. The number of hydrogen-bond acceptors (Lipinski definition) is 3. The maximum atomic E-state index is 6.11. The molecule has 0 atom stereocenters. The van der Waals surface area contributed by atoms with Crippen molar-refractivity contribution >= 4 is 29.2 Å². The molecule has 5 nitrogen and oxygen atoms in total. The van der Waals surface area contributed by atoms with Crippen LogP contribution in [0.4, 0.5) is 0 Å². The van der Waals surface area contributed by atoms with E-state index in [2.05, 4.69) is 31.9 Å². The van der Waals surface area contributed by atoms with Crippen LogP contribution in [-0.4, -0.2) is 80.6 Å². The van der Waals surface area contributed by atoms with Gasteiger partial charge in [0.25, 0.3) is 0 Å². The summed E-state index contributed by atoms with van der Waals surface area (Å²) in [6.45, 7) is 11.1. The number of halogens is 2. The summed E-state index contributed by atoms with van der Waals surface area (Å²) in [5.74, 6) is 0.901. The molecule has 27 heavy (non-hydrogen) atoms. The minimum atomic E-state index is 0.585. The molecule has 1 N–H and O–H groups in total. The van der Waals surface area contributed by atoms with Gasteiger partial charge < -0.3 is 20.0 Å². The summed E-state index contributed by atoms with van der Waals surface area (Å²) in [6.07, 6.45) is 2.36. The quantitative estimate of drug-likeness (QED) is 0.402. The molecule has 0 radical (unpaired) electrons. The Balaban J connectivity index is 1.65. The van der Waals surface area contributed by atoms with E-state index in [1.807, 2.05) is 32.3 Å². The molecule has 152 valence electrons. The van der Waals surface area contributed by atoms with Crippen molar-refractivity contribution in [1.82, 2.24) is 20.0 Å². The third-order valence-corrected chi connectivity index (χ3v) is 5.81. The second-order valence-electron chi connectivity index (χ2n) is 7.06. The van der Waals surface area contributed by atoms with Crippen LogP contribution in [-0.2, 0) is 6.54 Å². The Bertz CT molecular complexity index is 600. The number of hydrogen-bond donors (Lipinski definition) is 1. The molecular weight excluding hydrogens is 381 g/mol. The topological polar surface area (TPSA) is 34.1 Å². The van der Waals surface area contributed by atoms with Crippen molar-refractivity contribution in [2.75, 3.05) is 59.9 Å². The van der Waals surface area contributed by atoms with Gasteiger partial charge in [0.1, 0.15) is 0 Å². The molecule has 2 rings (SSSR count). The second-order valence-corrected chi connectivity index (χ2v) is 7.88. The van der Waals surface area contributed by atoms with Gasteiger partial charge in [0.05, 0.1) is 10.0 Å². The molecule has 0 saturated carbocycles. The first-order valence-corrected chi connectivity index (χ1v) is 10.6. The van der Waals surface area contributed by atoms with E-state index >= 15 is 0 Å². The van der Waals surface area contributed by atoms with Crippen molar-refractivity contribution < 1.29 is 0 Å². The number of nitrogens with one attached hydrogen (secondary N) is 1. The van der Waals surface area contributed by atoms with Gasteiger partial charge in [-0.25, -0.2) is 0 Å². The van der Waals surface area contributed by atoms with Gasteiger partial charge in [-0.3, -0.25) is 4.99 Å². The van der Waals surface area contributed by atoms with Gasteiger partial charge >= 0.3 is 0 Å². The molecule has 1 saturated heterocycles. The fourth-order valence-corrected chi connectivity index (χ4v) is 3.68. The van der Waals surface area contributed by atoms with E-state index in [-0.39, 0.29) is 0 Å². The van der Waals surface area contributed by atoms with Crippen molar-refractivity contribution in [2.45, 2.75) is 26.3 Å². The molecule has 0 spiro atoms. The van der Waals surface area contributed by atoms with Gasteiger partial charge in [-0.05, 0) is 43.6 Å². The third kappa shape index (κ3) is 7.49. The number of rotatable bonds is 8. The summed E-state index contributed by atoms with van der Waals surface area (Å²) in [4.78, 5) is 11.6. The first-order chi connectivity index (χ1) is 13.0. The van der Waals surface area contributed by atoms with Gasteiger partial charge in [0.15, 0.2) is 5.96 Å². The lowest BCUT2D eigenvalue weighted by atomic mass is 10.2. The highest BCUT2D eigenvalue weighted by molar-refractivity contribution is 6.42. The Hall–Kier alpha value is -1.01. The molecule has 1 fully saturated rings. The predicted octanol–water partition coefficient (Wildman–Crippen LogP) is 3.42. The van der Waals surface area contributed by atoms with E-state index in [1.165, 1.54) is 45.7 Å². The van der Waals surface area contributed by atoms with Crippen LogP contribution >= 0.6 is 23.2 Å². The monoisotopic (exact) mass is 413 g/mol. The number of piperazine rings is 1. The van der Waals surface area contributed by atoms with E-state index in [9.17, 15) is 0 Å². The molecule has 1 aromatic rings. The fraction of sp³-hybridized carbons (Fsp3) is 0.650. The molecule has 0 bridgehead atoms. The van der Waals surface area contributed by atoms with E-state index in [4.69, 9.17) is 23.2 Å². The standard InChI is InChI=1S/C20H33Cl2N5/c1-4-26-11-13-27(14-12-26)10-6-5-9-24-20(23-2)25(3)16-17-7-8-18(21)19(22)15-17/h7-8,15H,4-6,9-14,16H2,1-3H3,(H,23,24). The number of unbranched alkanes of at least 4 members (excludes halogenated alkanes) is 1. The van der Waals surface area contributed by atoms with Crippen molar-refractivity contribution in [2.24, 2.45) is 4.99 Å². The summed E-state index contributed by atoms with van der Waals surface area (Å²) in [5, 5.41) is 4.63. The first kappa shape index (κ1) is 22.3. The smallest absolute Gasteiger partial charge is 0.193 e. The Labute approximate surface area is 174 Å². The molecule has 0 aromatic heterocycles. The lowest BCUT2D eigenvalue weighted by molar-refractivity contribution is 0.136. The molecule has 1 aliphatic rings. The highest BCUT2D eigenvalue weighted by Crippen LogP contribution is 2.23. The average Bonchev–Trinajstić information content (AvgIpc) is 2.68. The van der Waals surface area contributed by atoms with Crippen molar-refractivity contribution in [1.29, 1.82) is 0 Å². The number of guanidine groups is 1. The van der Waals surface area contributed by atoms with Crippen LogP contribution < -0.4 is 5.32 Å². The van der Waals surface area contributed by atoms with Gasteiger partial charge in [0, 0.05) is 53.4 Å². The average molecular weight is 414 g/mol. The van der Waals surface area contributed by atoms with Crippen LogP contribution in [0, 0.1) is 0 Å². The van der Waals surface area contributed by atoms with Gasteiger partial charge in [-0.1, -0.05) is 36.2 Å². The van der Waals surface area contributed by atoms with Crippen LogP contribution in [0.25, 0.3) is 0 Å². The zero-order valence-corrected chi connectivity index (χ0v) is 18.4. The van der Waals surface area contributed by atoms with Crippen LogP contribution in [0.2, 0.25) is 10.0 Å². The van der Waals surface area contributed by atoms with Crippen molar-refractivity contribution in [3.8, 4) is 0 Å². The normalized spacial score (nSPS) is 16.6. The van der Waals surface area contributed by atoms with Crippen molar-refractivity contribution in [3.05, 3.63) is 33.8 Å². The minimum absolute atomic E-state index is 0.585. The lowest BCUT2D eigenvalue weighted by Crippen LogP contribution is -2.46. The van der Waals surface area contributed by atoms with E-state index in [0.717, 1.165) is 31.0 Å². The maximum absolute atomic E-state index is 6.11. The van der Waals surface area contributed by atoms with Crippen LogP contribution in [0.15, 0.2) is 23.2 Å². The number of nitrogens with zero attached hydrogens (tertiary/aromatic N) is 4. The Morgan fingerprint density at radius 1 is 1.11 bits per heavy atom. The van der Waals surface area contributed by atoms with E-state index in [1.54, 1.807) is 0 Å². The molecule has 0 unspecified atom stereocenters. The Kier molecular flexibility index (Phi) is 9.69. The zero-order chi connectivity index (χ0) is 19.6. The predicted molar refractivity (Wildman–Crippen MR) is 117 cm³/mol. The van der Waals surface area contributed by atoms with Gasteiger partial charge in [0.2, 0.25) is 0 Å². The summed E-state index contributed by atoms with van der Waals surface area (Å²) in [5.41, 5.74) is 1.11. The van der Waals surface area contributed by atoms with E-state index in [0.29, 0.717) is 10.0 Å². The van der Waals surface area contributed by atoms with Crippen molar-refractivity contribution in [3.63, 3.8) is 0 Å². The fourth-order valence-electron chi connectivity index (χ4n) is 3.36. The molecule has 1 aliphatic heterocycles. The van der Waals surface area contributed by atoms with Crippen LogP contribution in [0.1, 0.15) is 25.3 Å². The SMILES string of the molecule is CCN1CCN(CCCCNC(=NC)N(C)Cc2ccc(Cl)c(Cl)c2)CC1. The molecule has 1 heterocycles. The maximum Gasteiger partial charge on any atom is 0.193 e. The molecule has 1 aromatic carbocycles. The van der Waals surface area contributed by atoms with Crippen LogP contribution in [0.5, 0.6) is 0 Å². The third-order valence-electron chi connectivity index (χ3n) is 5.07. The number of likely N-dealkylation sites (N-methyl/N-ethyl adjacent to an activating group) is 1. The lowest BCUT2D eigenvalue weighted by Gasteiger charge is -2.34. The highest BCUT2D eigenvalue weighted by atomic mass is 35.5. The summed E-state index contributed by atoms with van der Waals surface area (Å²) in [6, 6.07) is 5.74. The molecule has 7 heteroatoms. The second kappa shape index (κ2) is 11.7. The first-order valence-electron chi connectivity index (χ1n) is 9.84. The Morgan fingerprint density at radius 2 is 1.81 bits per heavy atom. The highest BCUT2D eigenvalue weighted by Gasteiger charge is 2.14. The Morgan fingerprint density at radius 3 is 2.44 bits per heavy atom. The number of aliphatic imine (C=N–C) groups is 1. The summed E-state index contributed by atoms with van der Waals surface area (Å²) in [7, 11) is 3.85. The van der Waals surface area contributed by atoms with Crippen LogP contribution in [0.3, 0.4) is 0 Å².